The molecule has 104 valence electrons. The van der Waals surface area contributed by atoms with Gasteiger partial charge in [-0.2, -0.15) is 0 Å². The maximum Gasteiger partial charge on any atom is 0.312 e. The van der Waals surface area contributed by atoms with Crippen LogP contribution in [0, 0.1) is 11.8 Å². The van der Waals surface area contributed by atoms with Crippen LogP contribution >= 0.6 is 0 Å². The minimum absolute atomic E-state index is 0.111. The Morgan fingerprint density at radius 2 is 1.83 bits per heavy atom. The van der Waals surface area contributed by atoms with Crippen LogP contribution in [0.4, 0.5) is 0 Å². The average Bonchev–Trinajstić information content (AvgIpc) is 2.33. The summed E-state index contributed by atoms with van der Waals surface area (Å²) in [5.41, 5.74) is 0. The summed E-state index contributed by atoms with van der Waals surface area (Å²) in [7, 11) is 0. The second kappa shape index (κ2) is 6.73. The Kier molecular flexibility index (Phi) is 5.59. The van der Waals surface area contributed by atoms with Crippen molar-refractivity contribution in [1.29, 1.82) is 0 Å². The molecule has 2 atom stereocenters. The van der Waals surface area contributed by atoms with Crippen LogP contribution in [-0.2, 0) is 9.59 Å². The molecule has 0 radical (unpaired) electrons. The first-order valence-electron chi connectivity index (χ1n) is 6.68. The molecule has 0 spiro atoms. The fraction of sp³-hybridized carbons (Fsp3) is 0.846. The van der Waals surface area contributed by atoms with Gasteiger partial charge in [-0.15, -0.1) is 0 Å². The molecule has 1 N–H and O–H groups in total. The summed E-state index contributed by atoms with van der Waals surface area (Å²) in [5.74, 6) is -0.0339. The van der Waals surface area contributed by atoms with Crippen LogP contribution in [0.15, 0.2) is 0 Å². The highest BCUT2D eigenvalue weighted by Gasteiger charge is 2.31. The van der Waals surface area contributed by atoms with Crippen LogP contribution in [0.5, 0.6) is 0 Å². The number of rotatable bonds is 3. The van der Waals surface area contributed by atoms with Crippen LogP contribution in [0.3, 0.4) is 0 Å². The summed E-state index contributed by atoms with van der Waals surface area (Å²) in [5, 5.41) is 8.87. The number of likely N-dealkylation sites (tertiary alicyclic amines) is 1. The lowest BCUT2D eigenvalue weighted by molar-refractivity contribution is -0.153. The number of amides is 2. The predicted octanol–water partition coefficient (Wildman–Crippen LogP) is 0.332. The number of aliphatic hydroxyl groups is 1. The van der Waals surface area contributed by atoms with Gasteiger partial charge in [0.25, 0.3) is 0 Å². The number of aliphatic hydroxyl groups excluding tert-OH is 1. The Hall–Kier alpha value is -1.10. The van der Waals surface area contributed by atoms with Crippen molar-refractivity contribution in [3.05, 3.63) is 0 Å². The molecular weight excluding hydrogens is 232 g/mol. The van der Waals surface area contributed by atoms with Gasteiger partial charge in [0.1, 0.15) is 0 Å². The lowest BCUT2D eigenvalue weighted by atomic mass is 9.92. The fourth-order valence-corrected chi connectivity index (χ4v) is 2.62. The summed E-state index contributed by atoms with van der Waals surface area (Å²) in [4.78, 5) is 27.2. The van der Waals surface area contributed by atoms with Gasteiger partial charge in [0.05, 0.1) is 6.61 Å². The van der Waals surface area contributed by atoms with Gasteiger partial charge in [0.15, 0.2) is 0 Å². The van der Waals surface area contributed by atoms with E-state index in [1.54, 1.807) is 4.90 Å². The Bertz CT molecular complexity index is 297. The molecule has 5 nitrogen and oxygen atoms in total. The Morgan fingerprint density at radius 3 is 2.28 bits per heavy atom. The number of piperidine rings is 1. The number of hydrogen-bond donors (Lipinski definition) is 1. The van der Waals surface area contributed by atoms with Gasteiger partial charge in [-0.1, -0.05) is 13.8 Å². The molecule has 2 unspecified atom stereocenters. The van der Waals surface area contributed by atoms with Crippen molar-refractivity contribution in [2.45, 2.75) is 27.2 Å². The van der Waals surface area contributed by atoms with Gasteiger partial charge in [-0.05, 0) is 25.2 Å². The minimum atomic E-state index is -0.493. The van der Waals surface area contributed by atoms with Crippen molar-refractivity contribution in [3.8, 4) is 0 Å². The third-order valence-corrected chi connectivity index (χ3v) is 3.38. The molecule has 1 heterocycles. The van der Waals surface area contributed by atoms with E-state index in [0.29, 0.717) is 31.5 Å². The van der Waals surface area contributed by atoms with Gasteiger partial charge in [0, 0.05) is 26.2 Å². The van der Waals surface area contributed by atoms with Crippen LogP contribution in [0.1, 0.15) is 27.2 Å². The van der Waals surface area contributed by atoms with Crippen molar-refractivity contribution in [2.24, 2.45) is 11.8 Å². The van der Waals surface area contributed by atoms with Crippen LogP contribution < -0.4 is 0 Å². The van der Waals surface area contributed by atoms with Gasteiger partial charge in [-0.25, -0.2) is 0 Å². The normalized spacial score (nSPS) is 23.9. The topological polar surface area (TPSA) is 60.9 Å². The third-order valence-electron chi connectivity index (χ3n) is 3.38. The highest BCUT2D eigenvalue weighted by molar-refractivity contribution is 6.34. The Balaban J connectivity index is 2.64. The highest BCUT2D eigenvalue weighted by atomic mass is 16.3. The quantitative estimate of drug-likeness (QED) is 0.740. The number of carbonyl (C=O) groups excluding carboxylic acids is 2. The zero-order chi connectivity index (χ0) is 13.7. The SMILES string of the molecule is CCN(CCO)C(=O)C(=O)N1CC(C)CC(C)C1. The standard InChI is InChI=1S/C13H24N2O3/c1-4-14(5-6-16)12(17)13(18)15-8-10(2)7-11(3)9-15/h10-11,16H,4-9H2,1-3H3. The van der Waals surface area contributed by atoms with Crippen molar-refractivity contribution >= 4 is 11.8 Å². The van der Waals surface area contributed by atoms with Crippen molar-refractivity contribution in [1.82, 2.24) is 9.80 Å². The average molecular weight is 256 g/mol. The molecule has 1 fully saturated rings. The fourth-order valence-electron chi connectivity index (χ4n) is 2.62. The van der Waals surface area contributed by atoms with E-state index in [4.69, 9.17) is 5.11 Å². The summed E-state index contributed by atoms with van der Waals surface area (Å²) in [6.45, 7) is 7.89. The Morgan fingerprint density at radius 1 is 1.28 bits per heavy atom. The van der Waals surface area contributed by atoms with E-state index in [2.05, 4.69) is 13.8 Å². The van der Waals surface area contributed by atoms with E-state index in [1.165, 1.54) is 4.90 Å². The number of hydrogen-bond acceptors (Lipinski definition) is 3. The molecule has 1 rings (SSSR count). The summed E-state index contributed by atoms with van der Waals surface area (Å²) >= 11 is 0. The molecule has 0 aromatic carbocycles. The second-order valence-electron chi connectivity index (χ2n) is 5.26. The summed E-state index contributed by atoms with van der Waals surface area (Å²) < 4.78 is 0. The largest absolute Gasteiger partial charge is 0.395 e. The lowest BCUT2D eigenvalue weighted by Gasteiger charge is -2.35. The molecule has 1 aliphatic heterocycles. The molecule has 0 aromatic rings. The zero-order valence-corrected chi connectivity index (χ0v) is 11.6. The second-order valence-corrected chi connectivity index (χ2v) is 5.26. The number of nitrogens with zero attached hydrogens (tertiary/aromatic N) is 2. The van der Waals surface area contributed by atoms with E-state index < -0.39 is 11.8 Å². The molecule has 0 bridgehead atoms. The molecule has 0 saturated carbocycles. The predicted molar refractivity (Wildman–Crippen MR) is 68.9 cm³/mol. The van der Waals surface area contributed by atoms with Gasteiger partial charge in [-0.3, -0.25) is 9.59 Å². The maximum absolute atomic E-state index is 12.1. The first kappa shape index (κ1) is 15.0. The first-order chi connectivity index (χ1) is 8.49. The smallest absolute Gasteiger partial charge is 0.312 e. The van der Waals surface area contributed by atoms with E-state index in [0.717, 1.165) is 6.42 Å². The van der Waals surface area contributed by atoms with Crippen LogP contribution in [-0.4, -0.2) is 59.5 Å². The third kappa shape index (κ3) is 3.70. The van der Waals surface area contributed by atoms with Crippen molar-refractivity contribution < 1.29 is 14.7 Å². The molecule has 1 saturated heterocycles. The van der Waals surface area contributed by atoms with Crippen molar-refractivity contribution in [3.63, 3.8) is 0 Å². The van der Waals surface area contributed by atoms with Gasteiger partial charge >= 0.3 is 11.8 Å². The Labute approximate surface area is 109 Å². The van der Waals surface area contributed by atoms with Gasteiger partial charge in [0.2, 0.25) is 0 Å². The van der Waals surface area contributed by atoms with Crippen molar-refractivity contribution in [2.75, 3.05) is 32.8 Å². The molecule has 5 heteroatoms. The molecule has 1 aliphatic rings. The zero-order valence-electron chi connectivity index (χ0n) is 11.6. The van der Waals surface area contributed by atoms with E-state index >= 15 is 0 Å². The van der Waals surface area contributed by atoms with E-state index in [-0.39, 0.29) is 13.2 Å². The molecular formula is C13H24N2O3. The lowest BCUT2D eigenvalue weighted by Crippen LogP contribution is -2.50. The summed E-state index contributed by atoms with van der Waals surface area (Å²) in [6, 6.07) is 0. The number of carbonyl (C=O) groups is 2. The highest BCUT2D eigenvalue weighted by Crippen LogP contribution is 2.21. The molecule has 18 heavy (non-hydrogen) atoms. The first-order valence-corrected chi connectivity index (χ1v) is 6.68. The van der Waals surface area contributed by atoms with Gasteiger partial charge < -0.3 is 14.9 Å². The van der Waals surface area contributed by atoms with Crippen LogP contribution in [0.25, 0.3) is 0 Å². The molecule has 2 amide bonds. The van der Waals surface area contributed by atoms with Crippen LogP contribution in [0.2, 0.25) is 0 Å². The maximum atomic E-state index is 12.1. The number of likely N-dealkylation sites (N-methyl/N-ethyl adjacent to an activating group) is 1. The van der Waals surface area contributed by atoms with E-state index in [1.807, 2.05) is 6.92 Å². The molecule has 0 aliphatic carbocycles. The minimum Gasteiger partial charge on any atom is -0.395 e. The monoisotopic (exact) mass is 256 g/mol. The summed E-state index contributed by atoms with van der Waals surface area (Å²) in [6.07, 6.45) is 1.10. The van der Waals surface area contributed by atoms with E-state index in [9.17, 15) is 9.59 Å². The molecule has 0 aromatic heterocycles.